The summed E-state index contributed by atoms with van der Waals surface area (Å²) in [6, 6.07) is 22.6. The van der Waals surface area contributed by atoms with Crippen molar-refractivity contribution in [3.63, 3.8) is 0 Å². The number of nitrogens with two attached hydrogens (primary N) is 1. The molecule has 13 nitrogen and oxygen atoms in total. The topological polar surface area (TPSA) is 184 Å². The average Bonchev–Trinajstić information content (AvgIpc) is 3.27. The average molecular weight is 873 g/mol. The van der Waals surface area contributed by atoms with Crippen molar-refractivity contribution in [2.45, 2.75) is 24.9 Å². The molecule has 320 valence electrons. The van der Waals surface area contributed by atoms with Crippen LogP contribution in [0.3, 0.4) is 0 Å². The van der Waals surface area contributed by atoms with Crippen molar-refractivity contribution >= 4 is 48.0 Å². The van der Waals surface area contributed by atoms with Crippen LogP contribution in [0, 0.1) is 23.3 Å². The lowest BCUT2D eigenvalue weighted by Crippen LogP contribution is -2.33. The number of amides is 3. The second-order valence-electron chi connectivity index (χ2n) is 13.2. The standard InChI is InChI=1S/C22H17F2N3O3.C16H14F2N2O2.C6H5NO2.ClH/c23-17-7-6-14(11-18(17)24)26-22(29)16-5-1-4-15-19(8-10-30-20(15)16)27-21(28)13-3-2-9-25-12-13;17-12-5-4-9(8-13(12)18)20-16(21)11-3-1-2-10-14(19)6-7-22-15(10)11;8-5-9-6-2-1-3-7-4-6;/h1-7,9,11-12,19H,8,10H2,(H,26,29)(H,27,28);1-5,8,14H,6-7,19H2,(H,20,21);1-5H;1H. The summed E-state index contributed by atoms with van der Waals surface area (Å²) in [5.74, 6) is -4.06. The first-order valence-corrected chi connectivity index (χ1v) is 18.5. The van der Waals surface area contributed by atoms with Crippen molar-refractivity contribution in [3.05, 3.63) is 173 Å². The molecule has 0 fully saturated rings. The van der Waals surface area contributed by atoms with Gasteiger partial charge in [0.2, 0.25) is 0 Å². The molecule has 2 atom stereocenters. The largest absolute Gasteiger partial charge is 0.492 e. The van der Waals surface area contributed by atoms with Gasteiger partial charge in [-0.25, -0.2) is 17.6 Å². The number of nitrogens with zero attached hydrogens (tertiary/aromatic N) is 2. The zero-order valence-electron chi connectivity index (χ0n) is 32.4. The molecule has 6 aromatic rings. The molecule has 0 bridgehead atoms. The van der Waals surface area contributed by atoms with E-state index >= 15 is 0 Å². The summed E-state index contributed by atoms with van der Waals surface area (Å²) in [5.41, 5.74) is 8.70. The smallest absolute Gasteiger partial charge is 0.298 e. The summed E-state index contributed by atoms with van der Waals surface area (Å²) in [4.78, 5) is 55.0. The number of ether oxygens (including phenoxy) is 3. The van der Waals surface area contributed by atoms with E-state index in [0.717, 1.165) is 29.8 Å². The number of carbonyl (C=O) groups is 4. The number of hydrogen-bond acceptors (Lipinski definition) is 10. The van der Waals surface area contributed by atoms with Gasteiger partial charge in [-0.3, -0.25) is 29.1 Å². The van der Waals surface area contributed by atoms with Crippen molar-refractivity contribution < 1.29 is 51.0 Å². The fourth-order valence-corrected chi connectivity index (χ4v) is 6.14. The summed E-state index contributed by atoms with van der Waals surface area (Å²) >= 11 is 0. The molecule has 8 rings (SSSR count). The normalized spacial score (nSPS) is 14.3. The van der Waals surface area contributed by atoms with Crippen LogP contribution in [0.2, 0.25) is 0 Å². The third-order valence-corrected chi connectivity index (χ3v) is 9.09. The second-order valence-corrected chi connectivity index (χ2v) is 13.2. The van der Waals surface area contributed by atoms with Crippen molar-refractivity contribution in [2.75, 3.05) is 23.8 Å². The molecule has 0 aliphatic carbocycles. The molecule has 2 aliphatic rings. The molecule has 5 N–H and O–H groups in total. The summed E-state index contributed by atoms with van der Waals surface area (Å²) in [6.07, 6.45) is 7.35. The van der Waals surface area contributed by atoms with E-state index in [-0.39, 0.29) is 47.3 Å². The van der Waals surface area contributed by atoms with Gasteiger partial charge in [0.25, 0.3) is 24.2 Å². The fourth-order valence-electron chi connectivity index (χ4n) is 6.14. The minimum absolute atomic E-state index is 0. The minimum Gasteiger partial charge on any atom is -0.492 e. The maximum atomic E-state index is 13.4. The van der Waals surface area contributed by atoms with Crippen LogP contribution < -0.4 is 35.9 Å². The van der Waals surface area contributed by atoms with Crippen molar-refractivity contribution in [2.24, 2.45) is 5.73 Å². The van der Waals surface area contributed by atoms with Crippen LogP contribution in [-0.2, 0) is 4.79 Å². The molecular weight excluding hydrogens is 836 g/mol. The van der Waals surface area contributed by atoms with Gasteiger partial charge in [-0.1, -0.05) is 24.3 Å². The fraction of sp³-hybridized carbons (Fsp3) is 0.136. The quantitative estimate of drug-likeness (QED) is 0.0866. The Balaban J connectivity index is 0.000000198. The molecular formula is C44H37ClF4N6O7. The Morgan fingerprint density at radius 1 is 0.661 bits per heavy atom. The highest BCUT2D eigenvalue weighted by molar-refractivity contribution is 6.07. The number of pyridine rings is 2. The predicted octanol–water partition coefficient (Wildman–Crippen LogP) is 7.90. The first-order chi connectivity index (χ1) is 29.5. The molecule has 0 spiro atoms. The molecule has 4 aromatic carbocycles. The van der Waals surface area contributed by atoms with Crippen molar-refractivity contribution in [1.82, 2.24) is 15.3 Å². The van der Waals surface area contributed by atoms with E-state index in [2.05, 4.69) is 30.7 Å². The number of para-hydroxylation sites is 2. The van der Waals surface area contributed by atoms with Crippen molar-refractivity contribution in [1.29, 1.82) is 0 Å². The number of benzene rings is 4. The van der Waals surface area contributed by atoms with Gasteiger partial charge in [-0.15, -0.1) is 12.4 Å². The SMILES string of the molecule is Cl.NC1CCOc2c(C(=O)Nc3ccc(F)c(F)c3)cccc21.O=C(NC1CCOc2c(C(=O)Nc3ccc(F)c(F)c3)cccc21)c1cccnc1.O=COc1cccnc1. The lowest BCUT2D eigenvalue weighted by molar-refractivity contribution is -0.120. The molecule has 0 saturated heterocycles. The van der Waals surface area contributed by atoms with Crippen LogP contribution in [0.25, 0.3) is 0 Å². The Morgan fingerprint density at radius 2 is 1.21 bits per heavy atom. The first-order valence-electron chi connectivity index (χ1n) is 18.5. The van der Waals surface area contributed by atoms with Gasteiger partial charge in [-0.05, 0) is 60.7 Å². The van der Waals surface area contributed by atoms with Crippen molar-refractivity contribution in [3.8, 4) is 17.2 Å². The molecule has 0 saturated carbocycles. The van der Waals surface area contributed by atoms with Gasteiger partial charge in [0.1, 0.15) is 17.2 Å². The highest BCUT2D eigenvalue weighted by Gasteiger charge is 2.28. The van der Waals surface area contributed by atoms with E-state index in [4.69, 9.17) is 15.2 Å². The van der Waals surface area contributed by atoms with Gasteiger partial charge in [0.05, 0.1) is 42.1 Å². The molecule has 2 aliphatic heterocycles. The van der Waals surface area contributed by atoms with Gasteiger partial charge < -0.3 is 35.9 Å². The number of anilines is 2. The lowest BCUT2D eigenvalue weighted by Gasteiger charge is -2.28. The molecule has 3 amide bonds. The highest BCUT2D eigenvalue weighted by Crippen LogP contribution is 2.36. The van der Waals surface area contributed by atoms with Gasteiger partial charge in [0.15, 0.2) is 23.3 Å². The zero-order valence-corrected chi connectivity index (χ0v) is 33.2. The molecule has 62 heavy (non-hydrogen) atoms. The van der Waals surface area contributed by atoms with E-state index in [1.807, 2.05) is 6.07 Å². The van der Waals surface area contributed by atoms with Gasteiger partial charge in [-0.2, -0.15) is 0 Å². The summed E-state index contributed by atoms with van der Waals surface area (Å²) in [5, 5.41) is 8.00. The van der Waals surface area contributed by atoms with E-state index in [9.17, 15) is 36.7 Å². The minimum atomic E-state index is -1.06. The monoisotopic (exact) mass is 872 g/mol. The molecule has 2 aromatic heterocycles. The summed E-state index contributed by atoms with van der Waals surface area (Å²) < 4.78 is 68.4. The zero-order chi connectivity index (χ0) is 43.3. The Labute approximate surface area is 358 Å². The van der Waals surface area contributed by atoms with E-state index in [1.54, 1.807) is 67.0 Å². The van der Waals surface area contributed by atoms with Crippen LogP contribution in [-0.4, -0.2) is 47.4 Å². The summed E-state index contributed by atoms with van der Waals surface area (Å²) in [6.45, 7) is 1.11. The van der Waals surface area contributed by atoms with Gasteiger partial charge in [0, 0.05) is 72.1 Å². The number of hydrogen-bond donors (Lipinski definition) is 4. The summed E-state index contributed by atoms with van der Waals surface area (Å²) in [7, 11) is 0. The van der Waals surface area contributed by atoms with Crippen LogP contribution in [0.4, 0.5) is 28.9 Å². The predicted molar refractivity (Wildman–Crippen MR) is 221 cm³/mol. The number of halogens is 5. The Morgan fingerprint density at radius 3 is 1.74 bits per heavy atom. The van der Waals surface area contributed by atoms with Crippen LogP contribution >= 0.6 is 12.4 Å². The third-order valence-electron chi connectivity index (χ3n) is 9.09. The Kier molecular flexibility index (Phi) is 16.0. The number of aromatic nitrogens is 2. The highest BCUT2D eigenvalue weighted by atomic mass is 35.5. The van der Waals surface area contributed by atoms with Gasteiger partial charge >= 0.3 is 0 Å². The maximum absolute atomic E-state index is 13.4. The molecule has 2 unspecified atom stereocenters. The number of carbonyl (C=O) groups excluding carboxylic acids is 4. The Bertz CT molecular complexity index is 2520. The van der Waals surface area contributed by atoms with E-state index in [1.165, 1.54) is 24.5 Å². The van der Waals surface area contributed by atoms with E-state index in [0.29, 0.717) is 66.5 Å². The molecule has 0 radical (unpaired) electrons. The Hall–Kier alpha value is -7.37. The molecule has 18 heteroatoms. The maximum Gasteiger partial charge on any atom is 0.298 e. The lowest BCUT2D eigenvalue weighted by atomic mass is 9.96. The van der Waals surface area contributed by atoms with Crippen LogP contribution in [0.15, 0.2) is 122 Å². The van der Waals surface area contributed by atoms with Crippen LogP contribution in [0.1, 0.15) is 67.1 Å². The third kappa shape index (κ3) is 11.7. The van der Waals surface area contributed by atoms with Crippen LogP contribution in [0.5, 0.6) is 17.2 Å². The number of nitrogens with one attached hydrogen (secondary N) is 3. The van der Waals surface area contributed by atoms with E-state index < -0.39 is 35.1 Å². The molecule has 4 heterocycles. The second kappa shape index (κ2) is 21.8. The first kappa shape index (κ1) is 45.7. The number of fused-ring (bicyclic) bond motifs is 2. The number of rotatable bonds is 8.